The molecule has 5 heteroatoms. The Morgan fingerprint density at radius 3 is 2.50 bits per heavy atom. The van der Waals surface area contributed by atoms with Crippen molar-refractivity contribution in [3.8, 4) is 11.5 Å². The number of ether oxygens (including phenoxy) is 2. The fraction of sp³-hybridized carbons (Fsp3) is 0.370. The van der Waals surface area contributed by atoms with Gasteiger partial charge >= 0.3 is 0 Å². The molecule has 3 aromatic rings. The van der Waals surface area contributed by atoms with Gasteiger partial charge in [-0.25, -0.2) is 0 Å². The smallest absolute Gasteiger partial charge is 0.251 e. The zero-order valence-electron chi connectivity index (χ0n) is 19.1. The number of likely N-dealkylation sites (tertiary alicyclic amines) is 1. The third-order valence-electron chi connectivity index (χ3n) is 6.17. The number of amides is 1. The van der Waals surface area contributed by atoms with Gasteiger partial charge in [0.1, 0.15) is 17.6 Å². The molecule has 1 amide bonds. The van der Waals surface area contributed by atoms with Gasteiger partial charge in [0.25, 0.3) is 5.91 Å². The summed E-state index contributed by atoms with van der Waals surface area (Å²) in [5, 5.41) is 5.09. The summed E-state index contributed by atoms with van der Waals surface area (Å²) < 4.78 is 11.5. The number of hydrogen-bond donors (Lipinski definition) is 1. The summed E-state index contributed by atoms with van der Waals surface area (Å²) in [6, 6.07) is 20.2. The Bertz CT molecular complexity index is 1070. The second-order valence-corrected chi connectivity index (χ2v) is 8.70. The van der Waals surface area contributed by atoms with Gasteiger partial charge in [0.15, 0.2) is 0 Å². The summed E-state index contributed by atoms with van der Waals surface area (Å²) >= 11 is 0. The van der Waals surface area contributed by atoms with Crippen LogP contribution in [0.3, 0.4) is 0 Å². The molecular formula is C27H32N2O3. The topological polar surface area (TPSA) is 50.8 Å². The van der Waals surface area contributed by atoms with E-state index in [4.69, 9.17) is 9.47 Å². The molecule has 0 aliphatic carbocycles. The molecule has 1 saturated heterocycles. The van der Waals surface area contributed by atoms with Gasteiger partial charge in [0.2, 0.25) is 0 Å². The number of hydrogen-bond acceptors (Lipinski definition) is 4. The van der Waals surface area contributed by atoms with Gasteiger partial charge in [0.05, 0.1) is 7.11 Å². The molecule has 3 aromatic carbocycles. The molecular weight excluding hydrogens is 400 g/mol. The van der Waals surface area contributed by atoms with E-state index in [0.29, 0.717) is 18.2 Å². The number of piperidine rings is 1. The van der Waals surface area contributed by atoms with E-state index < -0.39 is 0 Å². The first kappa shape index (κ1) is 22.2. The molecule has 0 bridgehead atoms. The lowest BCUT2D eigenvalue weighted by atomic mass is 10.0. The van der Waals surface area contributed by atoms with Crippen molar-refractivity contribution in [2.75, 3.05) is 20.2 Å². The summed E-state index contributed by atoms with van der Waals surface area (Å²) in [5.41, 5.74) is 1.65. The third kappa shape index (κ3) is 5.40. The van der Waals surface area contributed by atoms with Crippen LogP contribution in [0, 0.1) is 0 Å². The molecule has 1 N–H and O–H groups in total. The van der Waals surface area contributed by atoms with Gasteiger partial charge in [-0.05, 0) is 79.4 Å². The molecule has 5 nitrogen and oxygen atoms in total. The van der Waals surface area contributed by atoms with Crippen molar-refractivity contribution in [2.24, 2.45) is 0 Å². The molecule has 0 saturated carbocycles. The monoisotopic (exact) mass is 432 g/mol. The number of nitrogens with one attached hydrogen (secondary N) is 1. The van der Waals surface area contributed by atoms with Crippen LogP contribution in [0.5, 0.6) is 11.5 Å². The van der Waals surface area contributed by atoms with E-state index in [1.165, 1.54) is 0 Å². The van der Waals surface area contributed by atoms with Crippen LogP contribution in [0.2, 0.25) is 0 Å². The van der Waals surface area contributed by atoms with Gasteiger partial charge in [0, 0.05) is 31.2 Å². The second kappa shape index (κ2) is 10.0. The molecule has 168 valence electrons. The Hall–Kier alpha value is -3.05. The van der Waals surface area contributed by atoms with Gasteiger partial charge in [-0.15, -0.1) is 0 Å². The van der Waals surface area contributed by atoms with E-state index in [9.17, 15) is 4.79 Å². The first-order valence-electron chi connectivity index (χ1n) is 11.4. The van der Waals surface area contributed by atoms with E-state index >= 15 is 0 Å². The fourth-order valence-corrected chi connectivity index (χ4v) is 4.21. The Kier molecular flexibility index (Phi) is 6.96. The third-order valence-corrected chi connectivity index (χ3v) is 6.17. The van der Waals surface area contributed by atoms with E-state index in [0.717, 1.165) is 53.8 Å². The molecule has 1 aliphatic rings. The quantitative estimate of drug-likeness (QED) is 0.569. The van der Waals surface area contributed by atoms with Crippen molar-refractivity contribution in [3.63, 3.8) is 0 Å². The van der Waals surface area contributed by atoms with E-state index in [2.05, 4.69) is 30.1 Å². The van der Waals surface area contributed by atoms with Crippen LogP contribution in [0.1, 0.15) is 42.6 Å². The van der Waals surface area contributed by atoms with E-state index in [-0.39, 0.29) is 12.0 Å². The lowest BCUT2D eigenvalue weighted by Crippen LogP contribution is -2.41. The number of fused-ring (bicyclic) bond motifs is 1. The minimum atomic E-state index is -0.0908. The molecule has 4 rings (SSSR count). The first-order chi connectivity index (χ1) is 15.5. The molecule has 0 atom stereocenters. The minimum absolute atomic E-state index is 0.0908. The number of carbonyl (C=O) groups is 1. The SMILES string of the molecule is COc1cccc(CNC(=O)c2ccc3cc(OC4CCN(C(C)C)CC4)ccc3c2)c1. The Morgan fingerprint density at radius 1 is 1.00 bits per heavy atom. The highest BCUT2D eigenvalue weighted by Gasteiger charge is 2.22. The summed E-state index contributed by atoms with van der Waals surface area (Å²) in [6.07, 6.45) is 2.38. The maximum absolute atomic E-state index is 12.6. The van der Waals surface area contributed by atoms with Crippen LogP contribution < -0.4 is 14.8 Å². The minimum Gasteiger partial charge on any atom is -0.497 e. The van der Waals surface area contributed by atoms with Crippen molar-refractivity contribution in [3.05, 3.63) is 71.8 Å². The molecule has 32 heavy (non-hydrogen) atoms. The van der Waals surface area contributed by atoms with Gasteiger partial charge in [-0.1, -0.05) is 24.3 Å². The van der Waals surface area contributed by atoms with Crippen LogP contribution in [0.25, 0.3) is 10.8 Å². The van der Waals surface area contributed by atoms with Gasteiger partial charge < -0.3 is 19.7 Å². The first-order valence-corrected chi connectivity index (χ1v) is 11.4. The largest absolute Gasteiger partial charge is 0.497 e. The van der Waals surface area contributed by atoms with Crippen molar-refractivity contribution in [2.45, 2.75) is 45.4 Å². The maximum atomic E-state index is 12.6. The standard InChI is InChI=1S/C27H32N2O3/c1-19(2)29-13-11-24(12-14-29)32-26-10-9-21-16-23(8-7-22(21)17-26)27(30)28-18-20-5-4-6-25(15-20)31-3/h4-10,15-17,19,24H,11-14,18H2,1-3H3,(H,28,30). The normalized spacial score (nSPS) is 15.1. The van der Waals surface area contributed by atoms with Crippen molar-refractivity contribution >= 4 is 16.7 Å². The highest BCUT2D eigenvalue weighted by atomic mass is 16.5. The fourth-order valence-electron chi connectivity index (χ4n) is 4.21. The second-order valence-electron chi connectivity index (χ2n) is 8.70. The number of methoxy groups -OCH3 is 1. The Balaban J connectivity index is 1.37. The predicted molar refractivity (Wildman–Crippen MR) is 128 cm³/mol. The van der Waals surface area contributed by atoms with Crippen LogP contribution in [-0.4, -0.2) is 43.2 Å². The van der Waals surface area contributed by atoms with Gasteiger partial charge in [-0.2, -0.15) is 0 Å². The van der Waals surface area contributed by atoms with Crippen LogP contribution >= 0.6 is 0 Å². The average molecular weight is 433 g/mol. The zero-order chi connectivity index (χ0) is 22.5. The molecule has 1 aliphatic heterocycles. The van der Waals surface area contributed by atoms with Crippen molar-refractivity contribution < 1.29 is 14.3 Å². The van der Waals surface area contributed by atoms with Crippen LogP contribution in [0.4, 0.5) is 0 Å². The molecule has 0 spiro atoms. The van der Waals surface area contributed by atoms with Gasteiger partial charge in [-0.3, -0.25) is 4.79 Å². The molecule has 1 heterocycles. The number of carbonyl (C=O) groups excluding carboxylic acids is 1. The van der Waals surface area contributed by atoms with Crippen LogP contribution in [-0.2, 0) is 6.54 Å². The molecule has 0 aromatic heterocycles. The predicted octanol–water partition coefficient (Wildman–Crippen LogP) is 5.03. The highest BCUT2D eigenvalue weighted by molar-refractivity contribution is 5.98. The zero-order valence-corrected chi connectivity index (χ0v) is 19.1. The van der Waals surface area contributed by atoms with E-state index in [1.807, 2.05) is 54.6 Å². The van der Waals surface area contributed by atoms with E-state index in [1.54, 1.807) is 7.11 Å². The summed E-state index contributed by atoms with van der Waals surface area (Å²) in [4.78, 5) is 15.2. The average Bonchev–Trinajstić information content (AvgIpc) is 2.82. The summed E-state index contributed by atoms with van der Waals surface area (Å²) in [6.45, 7) is 7.13. The molecule has 1 fully saturated rings. The number of rotatable bonds is 7. The number of nitrogens with zero attached hydrogens (tertiary/aromatic N) is 1. The van der Waals surface area contributed by atoms with Crippen molar-refractivity contribution in [1.29, 1.82) is 0 Å². The van der Waals surface area contributed by atoms with Crippen LogP contribution in [0.15, 0.2) is 60.7 Å². The maximum Gasteiger partial charge on any atom is 0.251 e. The van der Waals surface area contributed by atoms with Crippen molar-refractivity contribution in [1.82, 2.24) is 10.2 Å². The Morgan fingerprint density at radius 2 is 1.75 bits per heavy atom. The highest BCUT2D eigenvalue weighted by Crippen LogP contribution is 2.25. The Labute approximate surface area is 190 Å². The number of benzene rings is 3. The lowest BCUT2D eigenvalue weighted by molar-refractivity contribution is 0.0844. The summed E-state index contributed by atoms with van der Waals surface area (Å²) in [5.74, 6) is 1.59. The molecule has 0 radical (unpaired) electrons. The summed E-state index contributed by atoms with van der Waals surface area (Å²) in [7, 11) is 1.64. The molecule has 0 unspecified atom stereocenters. The lowest BCUT2D eigenvalue weighted by Gasteiger charge is -2.34.